The van der Waals surface area contributed by atoms with Crippen molar-refractivity contribution in [3.63, 3.8) is 0 Å². The van der Waals surface area contributed by atoms with Gasteiger partial charge in [-0.1, -0.05) is 0 Å². The SMILES string of the molecule is CN(CCCl)C(=O)c1ccoc1Br. The van der Waals surface area contributed by atoms with Gasteiger partial charge < -0.3 is 9.32 Å². The Kier molecular flexibility index (Phi) is 3.81. The highest BCUT2D eigenvalue weighted by molar-refractivity contribution is 9.10. The molecule has 0 aliphatic rings. The van der Waals surface area contributed by atoms with E-state index in [1.54, 1.807) is 18.0 Å². The number of carbonyl (C=O) groups excluding carboxylic acids is 1. The van der Waals surface area contributed by atoms with E-state index in [1.165, 1.54) is 6.26 Å². The van der Waals surface area contributed by atoms with Gasteiger partial charge in [0.1, 0.15) is 0 Å². The van der Waals surface area contributed by atoms with E-state index in [2.05, 4.69) is 15.9 Å². The molecule has 5 heteroatoms. The van der Waals surface area contributed by atoms with E-state index in [-0.39, 0.29) is 5.91 Å². The first-order valence-corrected chi connectivity index (χ1v) is 5.04. The number of halogens is 2. The van der Waals surface area contributed by atoms with Crippen LogP contribution in [0, 0.1) is 0 Å². The maximum absolute atomic E-state index is 11.6. The van der Waals surface area contributed by atoms with Crippen LogP contribution in [0.4, 0.5) is 0 Å². The molecule has 0 aliphatic carbocycles. The number of alkyl halides is 1. The molecular weight excluding hydrogens is 257 g/mol. The molecule has 0 spiro atoms. The first-order valence-electron chi connectivity index (χ1n) is 3.71. The third-order valence-corrected chi connectivity index (χ3v) is 2.40. The zero-order valence-electron chi connectivity index (χ0n) is 7.09. The number of rotatable bonds is 3. The smallest absolute Gasteiger partial charge is 0.258 e. The summed E-state index contributed by atoms with van der Waals surface area (Å²) in [7, 11) is 1.70. The van der Waals surface area contributed by atoms with Crippen molar-refractivity contribution in [1.82, 2.24) is 4.90 Å². The second-order valence-electron chi connectivity index (χ2n) is 2.52. The largest absolute Gasteiger partial charge is 0.457 e. The highest BCUT2D eigenvalue weighted by Crippen LogP contribution is 2.18. The van der Waals surface area contributed by atoms with E-state index in [0.717, 1.165) is 0 Å². The van der Waals surface area contributed by atoms with Gasteiger partial charge in [0.25, 0.3) is 5.91 Å². The molecule has 0 aliphatic heterocycles. The Balaban J connectivity index is 2.73. The van der Waals surface area contributed by atoms with E-state index >= 15 is 0 Å². The molecule has 1 heterocycles. The molecule has 0 fully saturated rings. The molecule has 0 atom stereocenters. The Bertz CT molecular complexity index is 300. The predicted octanol–water partition coefficient (Wildman–Crippen LogP) is 2.35. The number of furan rings is 1. The average molecular weight is 267 g/mol. The minimum Gasteiger partial charge on any atom is -0.457 e. The number of hydrogen-bond acceptors (Lipinski definition) is 2. The maximum atomic E-state index is 11.6. The fourth-order valence-electron chi connectivity index (χ4n) is 0.880. The van der Waals surface area contributed by atoms with Gasteiger partial charge in [-0.05, 0) is 22.0 Å². The van der Waals surface area contributed by atoms with Crippen molar-refractivity contribution >= 4 is 33.4 Å². The van der Waals surface area contributed by atoms with Crippen LogP contribution in [0.25, 0.3) is 0 Å². The van der Waals surface area contributed by atoms with E-state index in [0.29, 0.717) is 22.7 Å². The summed E-state index contributed by atoms with van der Waals surface area (Å²) in [6.45, 7) is 0.526. The predicted molar refractivity (Wildman–Crippen MR) is 54.1 cm³/mol. The highest BCUT2D eigenvalue weighted by Gasteiger charge is 2.15. The first kappa shape index (κ1) is 10.6. The standard InChI is InChI=1S/C8H9BrClNO2/c1-11(4-3-10)8(12)6-2-5-13-7(6)9/h2,5H,3-4H2,1H3. The van der Waals surface area contributed by atoms with E-state index in [9.17, 15) is 4.79 Å². The molecule has 0 aromatic carbocycles. The lowest BCUT2D eigenvalue weighted by Gasteiger charge is -2.14. The minimum atomic E-state index is -0.0960. The van der Waals surface area contributed by atoms with E-state index in [4.69, 9.17) is 16.0 Å². The zero-order chi connectivity index (χ0) is 9.84. The third-order valence-electron chi connectivity index (χ3n) is 1.62. The lowest BCUT2D eigenvalue weighted by atomic mass is 10.3. The van der Waals surface area contributed by atoms with Crippen LogP contribution in [-0.2, 0) is 0 Å². The molecule has 72 valence electrons. The van der Waals surface area contributed by atoms with Gasteiger partial charge in [-0.15, -0.1) is 11.6 Å². The summed E-state index contributed by atoms with van der Waals surface area (Å²) in [5.74, 6) is 0.332. The van der Waals surface area contributed by atoms with Crippen molar-refractivity contribution in [2.24, 2.45) is 0 Å². The molecular formula is C8H9BrClNO2. The monoisotopic (exact) mass is 265 g/mol. The molecule has 0 unspecified atom stereocenters. The van der Waals surface area contributed by atoms with Gasteiger partial charge in [0, 0.05) is 19.5 Å². The van der Waals surface area contributed by atoms with Gasteiger partial charge in [0.2, 0.25) is 0 Å². The number of nitrogens with zero attached hydrogens (tertiary/aromatic N) is 1. The van der Waals surface area contributed by atoms with Crippen LogP contribution in [0.3, 0.4) is 0 Å². The Labute approximate surface area is 89.8 Å². The molecule has 0 bridgehead atoms. The summed E-state index contributed by atoms with van der Waals surface area (Å²) in [6.07, 6.45) is 1.46. The molecule has 1 aromatic rings. The topological polar surface area (TPSA) is 33.5 Å². The van der Waals surface area contributed by atoms with Crippen LogP contribution in [0.5, 0.6) is 0 Å². The Morgan fingerprint density at radius 1 is 1.77 bits per heavy atom. The third kappa shape index (κ3) is 2.48. The summed E-state index contributed by atoms with van der Waals surface area (Å²) >= 11 is 8.65. The average Bonchev–Trinajstić information content (AvgIpc) is 2.50. The lowest BCUT2D eigenvalue weighted by Crippen LogP contribution is -2.28. The van der Waals surface area contributed by atoms with Gasteiger partial charge in [-0.25, -0.2) is 0 Å². The van der Waals surface area contributed by atoms with Crippen LogP contribution < -0.4 is 0 Å². The van der Waals surface area contributed by atoms with Crippen LogP contribution in [0.15, 0.2) is 21.4 Å². The molecule has 1 rings (SSSR count). The normalized spacial score (nSPS) is 10.1. The van der Waals surface area contributed by atoms with Gasteiger partial charge in [0.15, 0.2) is 4.67 Å². The first-order chi connectivity index (χ1) is 6.16. The van der Waals surface area contributed by atoms with Crippen molar-refractivity contribution < 1.29 is 9.21 Å². The van der Waals surface area contributed by atoms with Gasteiger partial charge in [-0.2, -0.15) is 0 Å². The van der Waals surface area contributed by atoms with Crippen molar-refractivity contribution in [1.29, 1.82) is 0 Å². The van der Waals surface area contributed by atoms with Gasteiger partial charge in [0.05, 0.1) is 11.8 Å². The van der Waals surface area contributed by atoms with Gasteiger partial charge in [-0.3, -0.25) is 4.79 Å². The molecule has 0 saturated heterocycles. The summed E-state index contributed by atoms with van der Waals surface area (Å²) in [5, 5.41) is 0. The van der Waals surface area contributed by atoms with Crippen LogP contribution >= 0.6 is 27.5 Å². The van der Waals surface area contributed by atoms with Crippen molar-refractivity contribution in [2.75, 3.05) is 19.5 Å². The van der Waals surface area contributed by atoms with Crippen molar-refractivity contribution in [3.05, 3.63) is 22.6 Å². The summed E-state index contributed by atoms with van der Waals surface area (Å²) in [5.41, 5.74) is 0.521. The van der Waals surface area contributed by atoms with Crippen molar-refractivity contribution in [2.45, 2.75) is 0 Å². The minimum absolute atomic E-state index is 0.0960. The highest BCUT2D eigenvalue weighted by atomic mass is 79.9. The molecule has 0 radical (unpaired) electrons. The molecule has 13 heavy (non-hydrogen) atoms. The number of hydrogen-bond donors (Lipinski definition) is 0. The Hall–Kier alpha value is -0.480. The Morgan fingerprint density at radius 2 is 2.46 bits per heavy atom. The van der Waals surface area contributed by atoms with Crippen LogP contribution in [-0.4, -0.2) is 30.3 Å². The maximum Gasteiger partial charge on any atom is 0.258 e. The molecule has 0 N–H and O–H groups in total. The summed E-state index contributed by atoms with van der Waals surface area (Å²) in [4.78, 5) is 13.1. The quantitative estimate of drug-likeness (QED) is 0.787. The molecule has 0 saturated carbocycles. The number of carbonyl (C=O) groups is 1. The van der Waals surface area contributed by atoms with Crippen LogP contribution in [0.1, 0.15) is 10.4 Å². The second kappa shape index (κ2) is 4.67. The number of amides is 1. The summed E-state index contributed by atoms with van der Waals surface area (Å²) in [6, 6.07) is 1.62. The lowest BCUT2D eigenvalue weighted by molar-refractivity contribution is 0.0801. The fourth-order valence-corrected chi connectivity index (χ4v) is 1.54. The van der Waals surface area contributed by atoms with E-state index < -0.39 is 0 Å². The molecule has 1 aromatic heterocycles. The van der Waals surface area contributed by atoms with E-state index in [1.807, 2.05) is 0 Å². The van der Waals surface area contributed by atoms with Crippen molar-refractivity contribution in [3.8, 4) is 0 Å². The Morgan fingerprint density at radius 3 is 2.92 bits per heavy atom. The molecule has 1 amide bonds. The fraction of sp³-hybridized carbons (Fsp3) is 0.375. The summed E-state index contributed by atoms with van der Waals surface area (Å²) < 4.78 is 5.41. The molecule has 3 nitrogen and oxygen atoms in total. The van der Waals surface area contributed by atoms with Gasteiger partial charge >= 0.3 is 0 Å². The van der Waals surface area contributed by atoms with Crippen LogP contribution in [0.2, 0.25) is 0 Å². The zero-order valence-corrected chi connectivity index (χ0v) is 9.43. The second-order valence-corrected chi connectivity index (χ2v) is 3.62.